The van der Waals surface area contributed by atoms with Crippen molar-refractivity contribution in [2.24, 2.45) is 5.92 Å². The summed E-state index contributed by atoms with van der Waals surface area (Å²) in [6, 6.07) is 0.476. The summed E-state index contributed by atoms with van der Waals surface area (Å²) in [6.07, 6.45) is 2.66. The van der Waals surface area contributed by atoms with E-state index in [-0.39, 0.29) is 0 Å². The van der Waals surface area contributed by atoms with Gasteiger partial charge in [0, 0.05) is 12.6 Å². The van der Waals surface area contributed by atoms with Gasteiger partial charge in [-0.2, -0.15) is 5.48 Å². The van der Waals surface area contributed by atoms with Crippen LogP contribution in [0.15, 0.2) is 0 Å². The number of nitrogens with one attached hydrogen (secondary N) is 1. The first-order valence-electron chi connectivity index (χ1n) is 5.87. The van der Waals surface area contributed by atoms with Crippen molar-refractivity contribution in [1.29, 1.82) is 0 Å². The Morgan fingerprint density at radius 3 is 2.93 bits per heavy atom. The lowest BCUT2D eigenvalue weighted by Crippen LogP contribution is -2.44. The quantitative estimate of drug-likeness (QED) is 0.683. The highest BCUT2D eigenvalue weighted by atomic mass is 16.6. The molecule has 0 saturated carbocycles. The van der Waals surface area contributed by atoms with E-state index in [9.17, 15) is 0 Å². The molecule has 1 heterocycles. The van der Waals surface area contributed by atoms with Gasteiger partial charge in [-0.15, -0.1) is 0 Å². The van der Waals surface area contributed by atoms with Gasteiger partial charge in [0.15, 0.2) is 0 Å². The van der Waals surface area contributed by atoms with Gasteiger partial charge in [-0.3, -0.25) is 0 Å². The fourth-order valence-electron chi connectivity index (χ4n) is 2.10. The Hall–Kier alpha value is -0.120. The van der Waals surface area contributed by atoms with Crippen LogP contribution in [0.5, 0.6) is 0 Å². The van der Waals surface area contributed by atoms with Gasteiger partial charge >= 0.3 is 0 Å². The molecule has 14 heavy (non-hydrogen) atoms. The molecule has 1 aliphatic rings. The second kappa shape index (κ2) is 6.38. The van der Waals surface area contributed by atoms with Crippen LogP contribution in [0.2, 0.25) is 0 Å². The van der Waals surface area contributed by atoms with Crippen molar-refractivity contribution in [3.8, 4) is 0 Å². The van der Waals surface area contributed by atoms with Crippen molar-refractivity contribution in [3.63, 3.8) is 0 Å². The molecular weight excluding hydrogens is 176 g/mol. The number of rotatable bonds is 5. The Bertz CT molecular complexity index is 152. The molecule has 0 radical (unpaired) electrons. The lowest BCUT2D eigenvalue weighted by Gasteiger charge is -2.35. The zero-order valence-corrected chi connectivity index (χ0v) is 9.75. The van der Waals surface area contributed by atoms with Crippen molar-refractivity contribution in [2.45, 2.75) is 39.7 Å². The van der Waals surface area contributed by atoms with Crippen LogP contribution in [-0.2, 0) is 4.84 Å². The van der Waals surface area contributed by atoms with Gasteiger partial charge in [0.05, 0.1) is 6.61 Å². The maximum Gasteiger partial charge on any atom is 0.0654 e. The van der Waals surface area contributed by atoms with Crippen LogP contribution in [0.25, 0.3) is 0 Å². The predicted octanol–water partition coefficient (Wildman–Crippen LogP) is 1.65. The van der Waals surface area contributed by atoms with Crippen LogP contribution >= 0.6 is 0 Å². The minimum absolute atomic E-state index is 0.476. The van der Waals surface area contributed by atoms with Crippen LogP contribution < -0.4 is 5.48 Å². The highest BCUT2D eigenvalue weighted by Crippen LogP contribution is 2.19. The normalized spacial score (nSPS) is 26.4. The van der Waals surface area contributed by atoms with E-state index in [2.05, 4.69) is 24.2 Å². The third kappa shape index (κ3) is 3.56. The molecule has 2 unspecified atom stereocenters. The molecular formula is C11H24N2O. The summed E-state index contributed by atoms with van der Waals surface area (Å²) in [7, 11) is 0. The predicted molar refractivity (Wildman–Crippen MR) is 59.1 cm³/mol. The van der Waals surface area contributed by atoms with Crippen molar-refractivity contribution in [1.82, 2.24) is 10.4 Å². The largest absolute Gasteiger partial charge is 0.303 e. The SMILES string of the molecule is CCONC(C)C1CCCN(CC)C1. The molecule has 0 bridgehead atoms. The molecule has 1 saturated heterocycles. The van der Waals surface area contributed by atoms with Crippen LogP contribution in [0, 0.1) is 5.92 Å². The zero-order chi connectivity index (χ0) is 10.4. The van der Waals surface area contributed by atoms with Gasteiger partial charge < -0.3 is 9.74 Å². The molecule has 1 aliphatic heterocycles. The monoisotopic (exact) mass is 200 g/mol. The molecule has 1 rings (SSSR count). The molecule has 3 nitrogen and oxygen atoms in total. The summed E-state index contributed by atoms with van der Waals surface area (Å²) in [5.41, 5.74) is 3.12. The van der Waals surface area contributed by atoms with Crippen LogP contribution in [0.4, 0.5) is 0 Å². The fourth-order valence-corrected chi connectivity index (χ4v) is 2.10. The second-order valence-corrected chi connectivity index (χ2v) is 4.14. The number of hydrogen-bond acceptors (Lipinski definition) is 3. The first-order chi connectivity index (χ1) is 6.77. The molecule has 84 valence electrons. The van der Waals surface area contributed by atoms with E-state index < -0.39 is 0 Å². The number of hydroxylamine groups is 1. The van der Waals surface area contributed by atoms with Crippen LogP contribution in [0.3, 0.4) is 0 Å². The molecule has 2 atom stereocenters. The first kappa shape index (κ1) is 12.0. The smallest absolute Gasteiger partial charge is 0.0654 e. The minimum atomic E-state index is 0.476. The molecule has 0 amide bonds. The number of nitrogens with zero attached hydrogens (tertiary/aromatic N) is 1. The third-order valence-electron chi connectivity index (χ3n) is 3.11. The summed E-state index contributed by atoms with van der Waals surface area (Å²) in [5, 5.41) is 0. The first-order valence-corrected chi connectivity index (χ1v) is 5.87. The van der Waals surface area contributed by atoms with E-state index in [1.165, 1.54) is 32.5 Å². The number of hydrogen-bond donors (Lipinski definition) is 1. The highest BCUT2D eigenvalue weighted by molar-refractivity contribution is 4.78. The van der Waals surface area contributed by atoms with Crippen molar-refractivity contribution >= 4 is 0 Å². The Morgan fingerprint density at radius 2 is 2.29 bits per heavy atom. The van der Waals surface area contributed by atoms with Gasteiger partial charge in [-0.1, -0.05) is 6.92 Å². The lowest BCUT2D eigenvalue weighted by atomic mass is 9.92. The van der Waals surface area contributed by atoms with Gasteiger partial charge in [0.1, 0.15) is 0 Å². The van der Waals surface area contributed by atoms with E-state index in [1.54, 1.807) is 0 Å². The van der Waals surface area contributed by atoms with E-state index in [4.69, 9.17) is 4.84 Å². The van der Waals surface area contributed by atoms with Gasteiger partial charge in [0.25, 0.3) is 0 Å². The summed E-state index contributed by atoms with van der Waals surface area (Å²) in [5.74, 6) is 0.746. The molecule has 0 spiro atoms. The summed E-state index contributed by atoms with van der Waals surface area (Å²) in [6.45, 7) is 10.9. The average Bonchev–Trinajstić information content (AvgIpc) is 2.26. The van der Waals surface area contributed by atoms with Crippen molar-refractivity contribution < 1.29 is 4.84 Å². The number of piperidine rings is 1. The van der Waals surface area contributed by atoms with E-state index in [1.807, 2.05) is 6.92 Å². The Balaban J connectivity index is 2.27. The standard InChI is InChI=1S/C11H24N2O/c1-4-13-8-6-7-11(9-13)10(3)12-14-5-2/h10-12H,4-9H2,1-3H3. The topological polar surface area (TPSA) is 24.5 Å². The maximum absolute atomic E-state index is 5.25. The third-order valence-corrected chi connectivity index (χ3v) is 3.11. The van der Waals surface area contributed by atoms with E-state index >= 15 is 0 Å². The van der Waals surface area contributed by atoms with Crippen molar-refractivity contribution in [3.05, 3.63) is 0 Å². The second-order valence-electron chi connectivity index (χ2n) is 4.14. The zero-order valence-electron chi connectivity index (χ0n) is 9.75. The van der Waals surface area contributed by atoms with Crippen molar-refractivity contribution in [2.75, 3.05) is 26.2 Å². The fraction of sp³-hybridized carbons (Fsp3) is 1.00. The Labute approximate surface area is 87.8 Å². The minimum Gasteiger partial charge on any atom is -0.303 e. The lowest BCUT2D eigenvalue weighted by molar-refractivity contribution is 0.00199. The van der Waals surface area contributed by atoms with Crippen LogP contribution in [-0.4, -0.2) is 37.2 Å². The summed E-state index contributed by atoms with van der Waals surface area (Å²) < 4.78 is 0. The maximum atomic E-state index is 5.25. The molecule has 1 N–H and O–H groups in total. The molecule has 1 fully saturated rings. The molecule has 3 heteroatoms. The Kier molecular flexibility index (Phi) is 5.45. The average molecular weight is 200 g/mol. The molecule has 0 aromatic rings. The van der Waals surface area contributed by atoms with Gasteiger partial charge in [-0.05, 0) is 45.7 Å². The van der Waals surface area contributed by atoms with E-state index in [0.29, 0.717) is 6.04 Å². The Morgan fingerprint density at radius 1 is 1.50 bits per heavy atom. The summed E-state index contributed by atoms with van der Waals surface area (Å²) >= 11 is 0. The number of likely N-dealkylation sites (tertiary alicyclic amines) is 1. The molecule has 0 aromatic heterocycles. The van der Waals surface area contributed by atoms with Gasteiger partial charge in [-0.25, -0.2) is 0 Å². The molecule has 0 aromatic carbocycles. The highest BCUT2D eigenvalue weighted by Gasteiger charge is 2.23. The van der Waals surface area contributed by atoms with Gasteiger partial charge in [0.2, 0.25) is 0 Å². The van der Waals surface area contributed by atoms with Crippen LogP contribution in [0.1, 0.15) is 33.6 Å². The van der Waals surface area contributed by atoms with E-state index in [0.717, 1.165) is 12.5 Å². The molecule has 0 aliphatic carbocycles. The summed E-state index contributed by atoms with van der Waals surface area (Å²) in [4.78, 5) is 7.77.